The molecule has 5 nitrogen and oxygen atoms in total. The van der Waals surface area contributed by atoms with Crippen molar-refractivity contribution < 1.29 is 9.18 Å². The minimum atomic E-state index is -0.778. The highest BCUT2D eigenvalue weighted by Gasteiger charge is 2.17. The van der Waals surface area contributed by atoms with Crippen LogP contribution in [0, 0.1) is 5.82 Å². The molecule has 0 radical (unpaired) electrons. The van der Waals surface area contributed by atoms with Crippen LogP contribution in [0.5, 0.6) is 0 Å². The molecule has 1 aromatic heterocycles. The molecule has 8 heteroatoms. The van der Waals surface area contributed by atoms with Crippen LogP contribution in [0.2, 0.25) is 10.0 Å². The lowest BCUT2D eigenvalue weighted by atomic mass is 10.1. The van der Waals surface area contributed by atoms with E-state index < -0.39 is 11.7 Å². The summed E-state index contributed by atoms with van der Waals surface area (Å²) in [6.07, 6.45) is 0. The second-order valence-electron chi connectivity index (χ2n) is 3.14. The third kappa shape index (κ3) is 2.09. The molecule has 0 fully saturated rings. The quantitative estimate of drug-likeness (QED) is 0.822. The number of carbonyl (C=O) groups excluding carboxylic acids is 1. The van der Waals surface area contributed by atoms with Gasteiger partial charge in [-0.1, -0.05) is 23.2 Å². The van der Waals surface area contributed by atoms with Crippen molar-refractivity contribution >= 4 is 29.1 Å². The van der Waals surface area contributed by atoms with Gasteiger partial charge in [-0.05, 0) is 12.1 Å². The summed E-state index contributed by atoms with van der Waals surface area (Å²) in [7, 11) is 0. The minimum absolute atomic E-state index is 0.0140. The van der Waals surface area contributed by atoms with E-state index in [9.17, 15) is 9.18 Å². The number of halogens is 3. The molecule has 17 heavy (non-hydrogen) atoms. The second kappa shape index (κ2) is 4.31. The molecule has 1 amide bonds. The van der Waals surface area contributed by atoms with E-state index in [1.54, 1.807) is 0 Å². The lowest BCUT2D eigenvalue weighted by Crippen LogP contribution is -2.12. The zero-order valence-corrected chi connectivity index (χ0v) is 9.68. The minimum Gasteiger partial charge on any atom is -0.364 e. The zero-order chi connectivity index (χ0) is 12.6. The van der Waals surface area contributed by atoms with Crippen LogP contribution in [0.15, 0.2) is 12.1 Å². The molecule has 0 saturated heterocycles. The van der Waals surface area contributed by atoms with E-state index in [0.29, 0.717) is 0 Å². The number of amides is 1. The summed E-state index contributed by atoms with van der Waals surface area (Å²) in [5.41, 5.74) is 5.38. The van der Waals surface area contributed by atoms with Gasteiger partial charge in [0.1, 0.15) is 11.5 Å². The number of aromatic nitrogens is 3. The highest BCUT2D eigenvalue weighted by molar-refractivity contribution is 6.42. The van der Waals surface area contributed by atoms with Crippen LogP contribution in [-0.2, 0) is 0 Å². The number of hydrogen-bond acceptors (Lipinski definition) is 3. The topological polar surface area (TPSA) is 84.7 Å². The Labute approximate surface area is 105 Å². The van der Waals surface area contributed by atoms with Gasteiger partial charge in [0.25, 0.3) is 5.91 Å². The SMILES string of the molecule is NC(=O)c1n[nH]nc1-c1cc(F)c(Cl)c(Cl)c1. The first-order valence-electron chi connectivity index (χ1n) is 4.36. The molecule has 0 spiro atoms. The molecule has 2 aromatic rings. The molecule has 0 aliphatic carbocycles. The number of nitrogens with one attached hydrogen (secondary N) is 1. The van der Waals surface area contributed by atoms with Crippen molar-refractivity contribution in [3.8, 4) is 11.3 Å². The number of H-pyrrole nitrogens is 1. The molecular formula is C9H5Cl2FN4O. The van der Waals surface area contributed by atoms with E-state index in [-0.39, 0.29) is 27.0 Å². The zero-order valence-electron chi connectivity index (χ0n) is 8.17. The average Bonchev–Trinajstić information content (AvgIpc) is 2.74. The highest BCUT2D eigenvalue weighted by Crippen LogP contribution is 2.31. The van der Waals surface area contributed by atoms with Crippen LogP contribution >= 0.6 is 23.2 Å². The van der Waals surface area contributed by atoms with Crippen LogP contribution in [-0.4, -0.2) is 21.3 Å². The van der Waals surface area contributed by atoms with Crippen molar-refractivity contribution in [2.75, 3.05) is 0 Å². The number of nitrogens with two attached hydrogens (primary N) is 1. The van der Waals surface area contributed by atoms with Crippen LogP contribution < -0.4 is 5.73 Å². The Morgan fingerprint density at radius 3 is 2.65 bits per heavy atom. The molecule has 0 aliphatic rings. The normalized spacial score (nSPS) is 10.5. The maximum absolute atomic E-state index is 13.4. The van der Waals surface area contributed by atoms with Gasteiger partial charge in [0, 0.05) is 5.56 Å². The molecule has 0 bridgehead atoms. The Hall–Kier alpha value is -1.66. The van der Waals surface area contributed by atoms with E-state index in [1.165, 1.54) is 6.07 Å². The molecule has 1 aromatic carbocycles. The predicted octanol–water partition coefficient (Wildman–Crippen LogP) is 2.02. The van der Waals surface area contributed by atoms with E-state index in [4.69, 9.17) is 28.9 Å². The number of nitrogens with zero attached hydrogens (tertiary/aromatic N) is 2. The first-order valence-corrected chi connectivity index (χ1v) is 5.11. The average molecular weight is 275 g/mol. The standard InChI is InChI=1S/C9H5Cl2FN4O/c10-4-1-3(2-5(12)6(4)11)7-8(9(13)17)15-16-14-7/h1-2H,(H2,13,17)(H,14,15,16). The third-order valence-corrected chi connectivity index (χ3v) is 2.82. The fourth-order valence-electron chi connectivity index (χ4n) is 1.30. The van der Waals surface area contributed by atoms with Crippen molar-refractivity contribution in [1.29, 1.82) is 0 Å². The molecular weight excluding hydrogens is 270 g/mol. The Morgan fingerprint density at radius 1 is 1.35 bits per heavy atom. The predicted molar refractivity (Wildman–Crippen MR) is 60.3 cm³/mol. The second-order valence-corrected chi connectivity index (χ2v) is 3.92. The fourth-order valence-corrected chi connectivity index (χ4v) is 1.61. The summed E-state index contributed by atoms with van der Waals surface area (Å²) in [6.45, 7) is 0. The van der Waals surface area contributed by atoms with E-state index in [0.717, 1.165) is 6.07 Å². The largest absolute Gasteiger partial charge is 0.364 e. The summed E-state index contributed by atoms with van der Waals surface area (Å²) in [6, 6.07) is 2.47. The van der Waals surface area contributed by atoms with Crippen molar-refractivity contribution in [2.45, 2.75) is 0 Å². The Kier molecular flexibility index (Phi) is 2.99. The van der Waals surface area contributed by atoms with Gasteiger partial charge in [-0.15, -0.1) is 0 Å². The van der Waals surface area contributed by atoms with Gasteiger partial charge >= 0.3 is 0 Å². The third-order valence-electron chi connectivity index (χ3n) is 2.04. The number of hydrogen-bond donors (Lipinski definition) is 2. The molecule has 2 rings (SSSR count). The molecule has 1 heterocycles. The van der Waals surface area contributed by atoms with Gasteiger partial charge < -0.3 is 5.73 Å². The maximum Gasteiger partial charge on any atom is 0.271 e. The summed E-state index contributed by atoms with van der Waals surface area (Å²) in [4.78, 5) is 11.0. The maximum atomic E-state index is 13.4. The fraction of sp³-hybridized carbons (Fsp3) is 0. The van der Waals surface area contributed by atoms with Crippen molar-refractivity contribution in [1.82, 2.24) is 15.4 Å². The van der Waals surface area contributed by atoms with Gasteiger partial charge in [-0.3, -0.25) is 4.79 Å². The number of rotatable bonds is 2. The summed E-state index contributed by atoms with van der Waals surface area (Å²) < 4.78 is 13.4. The summed E-state index contributed by atoms with van der Waals surface area (Å²) in [5.74, 6) is -1.49. The van der Waals surface area contributed by atoms with Gasteiger partial charge in [-0.25, -0.2) is 4.39 Å². The van der Waals surface area contributed by atoms with Crippen LogP contribution in [0.4, 0.5) is 4.39 Å². The molecule has 0 unspecified atom stereocenters. The monoisotopic (exact) mass is 274 g/mol. The van der Waals surface area contributed by atoms with Crippen LogP contribution in [0.1, 0.15) is 10.5 Å². The highest BCUT2D eigenvalue weighted by atomic mass is 35.5. The number of primary amides is 1. The lowest BCUT2D eigenvalue weighted by molar-refractivity contribution is 0.0996. The lowest BCUT2D eigenvalue weighted by Gasteiger charge is -2.02. The molecule has 0 saturated carbocycles. The number of aromatic amines is 1. The van der Waals surface area contributed by atoms with Crippen LogP contribution in [0.25, 0.3) is 11.3 Å². The van der Waals surface area contributed by atoms with E-state index >= 15 is 0 Å². The first-order chi connectivity index (χ1) is 8.00. The Balaban J connectivity index is 2.61. The van der Waals surface area contributed by atoms with Crippen molar-refractivity contribution in [2.24, 2.45) is 5.73 Å². The molecule has 88 valence electrons. The van der Waals surface area contributed by atoms with Crippen molar-refractivity contribution in [3.63, 3.8) is 0 Å². The molecule has 0 atom stereocenters. The van der Waals surface area contributed by atoms with Gasteiger partial charge in [0.05, 0.1) is 10.0 Å². The van der Waals surface area contributed by atoms with E-state index in [2.05, 4.69) is 15.4 Å². The van der Waals surface area contributed by atoms with Gasteiger partial charge in [0.2, 0.25) is 0 Å². The van der Waals surface area contributed by atoms with Crippen LogP contribution in [0.3, 0.4) is 0 Å². The van der Waals surface area contributed by atoms with Gasteiger partial charge in [-0.2, -0.15) is 15.4 Å². The first kappa shape index (κ1) is 11.8. The summed E-state index contributed by atoms with van der Waals surface area (Å²) >= 11 is 11.3. The Bertz CT molecular complexity index is 575. The van der Waals surface area contributed by atoms with E-state index in [1.807, 2.05) is 0 Å². The molecule has 3 N–H and O–H groups in total. The smallest absolute Gasteiger partial charge is 0.271 e. The number of carbonyl (C=O) groups is 1. The Morgan fingerprint density at radius 2 is 2.06 bits per heavy atom. The summed E-state index contributed by atoms with van der Waals surface area (Å²) in [5, 5.41) is 9.33. The van der Waals surface area contributed by atoms with Crippen molar-refractivity contribution in [3.05, 3.63) is 33.7 Å². The van der Waals surface area contributed by atoms with Gasteiger partial charge in [0.15, 0.2) is 5.69 Å². The number of benzene rings is 1. The molecule has 0 aliphatic heterocycles.